The molecule has 0 aliphatic heterocycles. The van der Waals surface area contributed by atoms with Crippen molar-refractivity contribution in [1.82, 2.24) is 19.7 Å². The number of anilines is 1. The smallest absolute Gasteiger partial charge is 0.197 e. The molecular formula is C23H25N5OS10. The van der Waals surface area contributed by atoms with Crippen molar-refractivity contribution >= 4 is 131 Å². The number of thiol groups is 9. The number of rotatable bonds is 6. The Balaban J connectivity index is 1.72. The molecule has 1 fully saturated rings. The summed E-state index contributed by atoms with van der Waals surface area (Å²) < 4.78 is -4.67. The summed E-state index contributed by atoms with van der Waals surface area (Å²) in [6.07, 6.45) is 3.40. The molecule has 3 aromatic rings. The highest BCUT2D eigenvalue weighted by atomic mass is 32.2. The molecular weight excluding hydrogens is 683 g/mol. The highest BCUT2D eigenvalue weighted by Crippen LogP contribution is 2.78. The van der Waals surface area contributed by atoms with Crippen molar-refractivity contribution in [2.45, 2.75) is 39.0 Å². The number of aliphatic hydroxyl groups is 1. The maximum atomic E-state index is 8.98. The SMILES string of the molecule is Cc1cc(NCc2nnc(SC3(S)C(S)(S)C(S)(S)C(S)(S)C3(S)S)n2-c2cccnc2)ccc1C#CCO. The lowest BCUT2D eigenvalue weighted by atomic mass is 10.1. The molecule has 39 heavy (non-hydrogen) atoms. The minimum atomic E-state index is -1.32. The minimum absolute atomic E-state index is 0.188. The van der Waals surface area contributed by atoms with Crippen LogP contribution in [0, 0.1) is 18.8 Å². The van der Waals surface area contributed by atoms with Crippen molar-refractivity contribution in [3.8, 4) is 17.5 Å². The van der Waals surface area contributed by atoms with Crippen LogP contribution in [0.2, 0.25) is 0 Å². The second-order valence-corrected chi connectivity index (χ2v) is 17.7. The van der Waals surface area contributed by atoms with Gasteiger partial charge in [-0.15, -0.1) is 10.2 Å². The number of pyridine rings is 1. The number of benzene rings is 1. The number of nitrogens with one attached hydrogen (secondary N) is 1. The highest BCUT2D eigenvalue weighted by molar-refractivity contribution is 8.21. The molecule has 0 bridgehead atoms. The molecule has 6 nitrogen and oxygen atoms in total. The molecule has 2 aromatic heterocycles. The topological polar surface area (TPSA) is 75.9 Å². The number of hydrogen-bond donors (Lipinski definition) is 11. The molecule has 1 aliphatic carbocycles. The highest BCUT2D eigenvalue weighted by Gasteiger charge is 2.81. The quantitative estimate of drug-likeness (QED) is 0.102. The monoisotopic (exact) mass is 707 g/mol. The molecule has 1 aliphatic rings. The summed E-state index contributed by atoms with van der Waals surface area (Å²) in [5.41, 5.74) is 3.44. The first-order valence-electron chi connectivity index (χ1n) is 11.1. The number of aromatic nitrogens is 4. The summed E-state index contributed by atoms with van der Waals surface area (Å²) in [6, 6.07) is 9.52. The van der Waals surface area contributed by atoms with Gasteiger partial charge in [-0.05, 0) is 42.8 Å². The first kappa shape index (κ1) is 32.2. The standard InChI is InChI=1S/C23H25N5OS10/c1-13-10-15(7-6-14(13)4-3-9-29)25-12-17-26-27-18(28(17)16-5-2-8-24-11-16)39-23(38)21(34,35)19(30,31)20(32,33)22(23,36)37/h2,5-8,10-11,25,29-38H,9,12H2,1H3. The van der Waals surface area contributed by atoms with Crippen molar-refractivity contribution < 1.29 is 5.11 Å². The van der Waals surface area contributed by atoms with E-state index in [2.05, 4.69) is 32.3 Å². The predicted molar refractivity (Wildman–Crippen MR) is 192 cm³/mol. The molecule has 0 amide bonds. The summed E-state index contributed by atoms with van der Waals surface area (Å²) in [6.45, 7) is 2.11. The van der Waals surface area contributed by atoms with Crippen molar-refractivity contribution in [2.24, 2.45) is 0 Å². The lowest BCUT2D eigenvalue weighted by Crippen LogP contribution is -2.49. The van der Waals surface area contributed by atoms with Gasteiger partial charge in [0.2, 0.25) is 0 Å². The van der Waals surface area contributed by atoms with Crippen LogP contribution in [0.5, 0.6) is 0 Å². The molecule has 0 unspecified atom stereocenters. The zero-order valence-corrected chi connectivity index (χ0v) is 29.0. The van der Waals surface area contributed by atoms with Gasteiger partial charge in [0.15, 0.2) is 11.0 Å². The van der Waals surface area contributed by atoms with Crippen LogP contribution < -0.4 is 5.32 Å². The van der Waals surface area contributed by atoms with Gasteiger partial charge in [0.25, 0.3) is 0 Å². The molecule has 2 heterocycles. The summed E-state index contributed by atoms with van der Waals surface area (Å²) in [7, 11) is 0. The normalized spacial score (nSPS) is 19.8. The van der Waals surface area contributed by atoms with Gasteiger partial charge in [-0.1, -0.05) is 23.6 Å². The average Bonchev–Trinajstić information content (AvgIpc) is 3.30. The molecule has 0 radical (unpaired) electrons. The van der Waals surface area contributed by atoms with Gasteiger partial charge in [0, 0.05) is 17.4 Å². The molecule has 16 heteroatoms. The molecule has 4 rings (SSSR count). The third kappa shape index (κ3) is 5.34. The van der Waals surface area contributed by atoms with E-state index < -0.39 is 20.4 Å². The largest absolute Gasteiger partial charge is 0.384 e. The van der Waals surface area contributed by atoms with E-state index in [0.717, 1.165) is 22.5 Å². The first-order chi connectivity index (χ1) is 18.1. The van der Waals surface area contributed by atoms with Gasteiger partial charge < -0.3 is 10.4 Å². The van der Waals surface area contributed by atoms with Crippen LogP contribution in [0.4, 0.5) is 5.69 Å². The predicted octanol–water partition coefficient (Wildman–Crippen LogP) is 4.88. The Morgan fingerprint density at radius 3 is 2.18 bits per heavy atom. The Bertz CT molecular complexity index is 1410. The summed E-state index contributed by atoms with van der Waals surface area (Å²) in [4.78, 5) is 4.27. The van der Waals surface area contributed by atoms with E-state index in [0.29, 0.717) is 17.5 Å². The lowest BCUT2D eigenvalue weighted by Gasteiger charge is -2.43. The first-order valence-corrected chi connectivity index (χ1v) is 16.0. The maximum Gasteiger partial charge on any atom is 0.197 e. The maximum absolute atomic E-state index is 8.98. The number of aliphatic hydroxyl groups excluding tert-OH is 1. The number of thioether (sulfide) groups is 1. The second-order valence-electron chi connectivity index (χ2n) is 8.72. The Labute approximate surface area is 281 Å². The minimum Gasteiger partial charge on any atom is -0.384 e. The average molecular weight is 708 g/mol. The molecule has 0 saturated heterocycles. The zero-order chi connectivity index (χ0) is 28.9. The fourth-order valence-corrected chi connectivity index (χ4v) is 10.7. The fraction of sp³-hybridized carbons (Fsp3) is 0.348. The Kier molecular flexibility index (Phi) is 9.74. The molecule has 1 saturated carbocycles. The van der Waals surface area contributed by atoms with E-state index in [1.165, 1.54) is 11.8 Å². The van der Waals surface area contributed by atoms with E-state index in [-0.39, 0.29) is 6.61 Å². The van der Waals surface area contributed by atoms with Crippen molar-refractivity contribution in [3.05, 3.63) is 59.7 Å². The van der Waals surface area contributed by atoms with Crippen LogP contribution in [0.3, 0.4) is 0 Å². The molecule has 2 N–H and O–H groups in total. The van der Waals surface area contributed by atoms with Crippen LogP contribution in [0.1, 0.15) is 17.0 Å². The van der Waals surface area contributed by atoms with E-state index in [1.54, 1.807) is 12.4 Å². The Hall–Kier alpha value is 0.330. The number of nitrogens with zero attached hydrogens (tertiary/aromatic N) is 4. The van der Waals surface area contributed by atoms with Gasteiger partial charge in [-0.2, -0.15) is 114 Å². The van der Waals surface area contributed by atoms with Crippen LogP contribution >= 0.6 is 125 Å². The number of hydrogen-bond acceptors (Lipinski definition) is 15. The van der Waals surface area contributed by atoms with Crippen LogP contribution in [-0.4, -0.2) is 51.9 Å². The second kappa shape index (κ2) is 11.8. The van der Waals surface area contributed by atoms with Gasteiger partial charge in [0.1, 0.15) is 27.0 Å². The summed E-state index contributed by atoms with van der Waals surface area (Å²) in [5, 5.41) is 21.8. The van der Waals surface area contributed by atoms with Crippen molar-refractivity contribution in [2.75, 3.05) is 11.9 Å². The van der Waals surface area contributed by atoms with E-state index >= 15 is 0 Å². The lowest BCUT2D eigenvalue weighted by molar-refractivity contribution is 0.350. The van der Waals surface area contributed by atoms with Crippen molar-refractivity contribution in [1.29, 1.82) is 0 Å². The van der Waals surface area contributed by atoms with Crippen LogP contribution in [-0.2, 0) is 6.54 Å². The molecule has 0 atom stereocenters. The fourth-order valence-electron chi connectivity index (χ4n) is 3.93. The molecule has 0 spiro atoms. The molecule has 1 aromatic carbocycles. The van der Waals surface area contributed by atoms with Crippen LogP contribution in [0.15, 0.2) is 47.9 Å². The Morgan fingerprint density at radius 2 is 1.62 bits per heavy atom. The van der Waals surface area contributed by atoms with Crippen LogP contribution in [0.25, 0.3) is 5.69 Å². The van der Waals surface area contributed by atoms with E-state index in [9.17, 15) is 0 Å². The van der Waals surface area contributed by atoms with E-state index in [1.807, 2.05) is 41.8 Å². The van der Waals surface area contributed by atoms with Crippen molar-refractivity contribution in [3.63, 3.8) is 0 Å². The Morgan fingerprint density at radius 1 is 0.949 bits per heavy atom. The third-order valence-electron chi connectivity index (χ3n) is 6.23. The third-order valence-corrected chi connectivity index (χ3v) is 17.3. The summed E-state index contributed by atoms with van der Waals surface area (Å²) >= 11 is 44.5. The van der Waals surface area contributed by atoms with Gasteiger partial charge >= 0.3 is 0 Å². The van der Waals surface area contributed by atoms with Gasteiger partial charge in [-0.25, -0.2) is 0 Å². The van der Waals surface area contributed by atoms with Gasteiger partial charge in [0.05, 0.1) is 18.4 Å². The molecule has 208 valence electrons. The van der Waals surface area contributed by atoms with Gasteiger partial charge in [-0.3, -0.25) is 9.55 Å². The summed E-state index contributed by atoms with van der Waals surface area (Å²) in [5.74, 6) is 6.23. The zero-order valence-electron chi connectivity index (χ0n) is 20.1. The van der Waals surface area contributed by atoms with E-state index in [4.69, 9.17) is 119 Å². The number of aryl methyl sites for hydroxylation is 1.